The van der Waals surface area contributed by atoms with Crippen LogP contribution >= 0.6 is 11.3 Å². The molecule has 1 N–H and O–H groups in total. The molecule has 0 spiro atoms. The van der Waals surface area contributed by atoms with Crippen LogP contribution in [0.15, 0.2) is 65.7 Å². The van der Waals surface area contributed by atoms with E-state index in [4.69, 9.17) is 0 Å². The Balaban J connectivity index is 1.61. The third-order valence-corrected chi connectivity index (χ3v) is 6.17. The van der Waals surface area contributed by atoms with Crippen LogP contribution in [0.3, 0.4) is 0 Å². The van der Waals surface area contributed by atoms with Gasteiger partial charge in [0, 0.05) is 10.6 Å². The molecule has 0 unspecified atom stereocenters. The fourth-order valence-electron chi connectivity index (χ4n) is 3.49. The molecule has 0 saturated heterocycles. The van der Waals surface area contributed by atoms with Crippen molar-refractivity contribution < 1.29 is 4.79 Å². The molecule has 1 amide bonds. The van der Waals surface area contributed by atoms with Crippen molar-refractivity contribution in [1.29, 1.82) is 0 Å². The average Bonchev–Trinajstić information content (AvgIpc) is 3.17. The molecular weight excluding hydrogens is 394 g/mol. The molecule has 0 saturated carbocycles. The third kappa shape index (κ3) is 3.91. The molecule has 4 aromatic rings. The molecule has 5 nitrogen and oxygen atoms in total. The van der Waals surface area contributed by atoms with Crippen LogP contribution in [0.5, 0.6) is 0 Å². The number of rotatable bonds is 5. The van der Waals surface area contributed by atoms with Gasteiger partial charge < -0.3 is 5.32 Å². The maximum absolute atomic E-state index is 13.0. The smallest absolute Gasteiger partial charge is 0.262 e. The zero-order valence-corrected chi connectivity index (χ0v) is 18.0. The number of hydrogen-bond donors (Lipinski definition) is 1. The summed E-state index contributed by atoms with van der Waals surface area (Å²) in [6.07, 6.45) is 1.46. The number of amides is 1. The maximum atomic E-state index is 13.0. The van der Waals surface area contributed by atoms with E-state index in [-0.39, 0.29) is 23.9 Å². The number of carbonyl (C=O) groups is 1. The minimum Gasteiger partial charge on any atom is -0.324 e. The average molecular weight is 418 g/mol. The van der Waals surface area contributed by atoms with Gasteiger partial charge in [-0.2, -0.15) is 0 Å². The van der Waals surface area contributed by atoms with Crippen molar-refractivity contribution in [2.45, 2.75) is 33.2 Å². The van der Waals surface area contributed by atoms with E-state index in [1.165, 1.54) is 22.2 Å². The number of aryl methyl sites for hydroxylation is 1. The standard InChI is InChI=1S/C24H23N3O2S/c1-15(2)18-11-7-8-16(3)22(18)26-21(28)13-27-14-25-23-19(24(27)29)12-20(30-23)17-9-5-4-6-10-17/h4-12,14-15H,13H2,1-3H3,(H,26,28). The molecule has 0 bridgehead atoms. The summed E-state index contributed by atoms with van der Waals surface area (Å²) in [5, 5.41) is 3.53. The molecule has 0 radical (unpaired) electrons. The van der Waals surface area contributed by atoms with Crippen molar-refractivity contribution in [2.24, 2.45) is 0 Å². The number of carbonyl (C=O) groups excluding carboxylic acids is 1. The number of para-hydroxylation sites is 1. The summed E-state index contributed by atoms with van der Waals surface area (Å²) in [6.45, 7) is 6.07. The zero-order valence-electron chi connectivity index (χ0n) is 17.2. The Morgan fingerprint density at radius 2 is 1.90 bits per heavy atom. The van der Waals surface area contributed by atoms with E-state index in [9.17, 15) is 9.59 Å². The molecule has 30 heavy (non-hydrogen) atoms. The van der Waals surface area contributed by atoms with Crippen molar-refractivity contribution in [2.75, 3.05) is 5.32 Å². The van der Waals surface area contributed by atoms with Gasteiger partial charge in [-0.15, -0.1) is 11.3 Å². The molecule has 2 aromatic heterocycles. The number of thiophene rings is 1. The highest BCUT2D eigenvalue weighted by Gasteiger charge is 2.15. The van der Waals surface area contributed by atoms with Gasteiger partial charge in [-0.25, -0.2) is 4.98 Å². The lowest BCUT2D eigenvalue weighted by Crippen LogP contribution is -2.28. The van der Waals surface area contributed by atoms with E-state index < -0.39 is 0 Å². The number of benzene rings is 2. The molecular formula is C24H23N3O2S. The maximum Gasteiger partial charge on any atom is 0.262 e. The van der Waals surface area contributed by atoms with Gasteiger partial charge in [-0.3, -0.25) is 14.2 Å². The van der Waals surface area contributed by atoms with Crippen LogP contribution < -0.4 is 10.9 Å². The minimum atomic E-state index is -0.243. The Morgan fingerprint density at radius 1 is 1.13 bits per heavy atom. The highest BCUT2D eigenvalue weighted by Crippen LogP contribution is 2.30. The SMILES string of the molecule is Cc1cccc(C(C)C)c1NC(=O)Cn1cnc2sc(-c3ccccc3)cc2c1=O. The summed E-state index contributed by atoms with van der Waals surface area (Å²) < 4.78 is 1.37. The summed E-state index contributed by atoms with van der Waals surface area (Å²) in [6, 6.07) is 17.7. The van der Waals surface area contributed by atoms with Crippen LogP contribution in [-0.4, -0.2) is 15.5 Å². The first kappa shape index (κ1) is 20.0. The molecule has 2 heterocycles. The molecule has 0 atom stereocenters. The normalized spacial score (nSPS) is 11.2. The second-order valence-corrected chi connectivity index (χ2v) is 8.65. The van der Waals surface area contributed by atoms with Crippen molar-refractivity contribution in [3.05, 3.63) is 82.4 Å². The summed E-state index contributed by atoms with van der Waals surface area (Å²) in [5.41, 5.74) is 3.74. The number of aromatic nitrogens is 2. The van der Waals surface area contributed by atoms with Crippen LogP contribution in [0.2, 0.25) is 0 Å². The van der Waals surface area contributed by atoms with Gasteiger partial charge >= 0.3 is 0 Å². The van der Waals surface area contributed by atoms with Crippen molar-refractivity contribution in [3.8, 4) is 10.4 Å². The van der Waals surface area contributed by atoms with Gasteiger partial charge in [0.2, 0.25) is 5.91 Å². The van der Waals surface area contributed by atoms with Crippen LogP contribution in [0.1, 0.15) is 30.9 Å². The summed E-state index contributed by atoms with van der Waals surface area (Å²) in [4.78, 5) is 31.8. The van der Waals surface area contributed by atoms with E-state index in [0.717, 1.165) is 27.3 Å². The topological polar surface area (TPSA) is 64.0 Å². The number of hydrogen-bond acceptors (Lipinski definition) is 4. The van der Waals surface area contributed by atoms with Gasteiger partial charge in [0.15, 0.2) is 0 Å². The Hall–Kier alpha value is -3.25. The van der Waals surface area contributed by atoms with Gasteiger partial charge in [-0.05, 0) is 35.6 Å². The molecule has 0 aliphatic heterocycles. The molecule has 6 heteroatoms. The Bertz CT molecular complexity index is 1270. The van der Waals surface area contributed by atoms with E-state index in [1.54, 1.807) is 0 Å². The van der Waals surface area contributed by atoms with Gasteiger partial charge in [0.1, 0.15) is 11.4 Å². The van der Waals surface area contributed by atoms with Crippen LogP contribution in [-0.2, 0) is 11.3 Å². The van der Waals surface area contributed by atoms with E-state index in [1.807, 2.05) is 61.5 Å². The Kier molecular flexibility index (Phi) is 5.50. The lowest BCUT2D eigenvalue weighted by atomic mass is 9.98. The summed E-state index contributed by atoms with van der Waals surface area (Å²) in [5.74, 6) is 0.0381. The summed E-state index contributed by atoms with van der Waals surface area (Å²) >= 11 is 1.48. The number of anilines is 1. The fourth-order valence-corrected chi connectivity index (χ4v) is 4.49. The monoisotopic (exact) mass is 417 g/mol. The van der Waals surface area contributed by atoms with Crippen LogP contribution in [0.4, 0.5) is 5.69 Å². The largest absolute Gasteiger partial charge is 0.324 e. The molecule has 152 valence electrons. The van der Waals surface area contributed by atoms with Crippen LogP contribution in [0, 0.1) is 6.92 Å². The lowest BCUT2D eigenvalue weighted by molar-refractivity contribution is -0.116. The van der Waals surface area contributed by atoms with Crippen LogP contribution in [0.25, 0.3) is 20.7 Å². The fraction of sp³-hybridized carbons (Fsp3) is 0.208. The van der Waals surface area contributed by atoms with Gasteiger partial charge in [0.05, 0.1) is 11.7 Å². The first-order valence-corrected chi connectivity index (χ1v) is 10.7. The number of nitrogens with zero attached hydrogens (tertiary/aromatic N) is 2. The quantitative estimate of drug-likeness (QED) is 0.486. The first-order valence-electron chi connectivity index (χ1n) is 9.88. The Morgan fingerprint density at radius 3 is 2.63 bits per heavy atom. The minimum absolute atomic E-state index is 0.0792. The predicted molar refractivity (Wildman–Crippen MR) is 123 cm³/mol. The third-order valence-electron chi connectivity index (χ3n) is 5.08. The number of fused-ring (bicyclic) bond motifs is 1. The van der Waals surface area contributed by atoms with E-state index >= 15 is 0 Å². The van der Waals surface area contributed by atoms with Gasteiger partial charge in [0.25, 0.3) is 5.56 Å². The second-order valence-electron chi connectivity index (χ2n) is 7.62. The molecule has 0 fully saturated rings. The van der Waals surface area contributed by atoms with Gasteiger partial charge in [-0.1, -0.05) is 62.4 Å². The molecule has 4 rings (SSSR count). The highest BCUT2D eigenvalue weighted by atomic mass is 32.1. The second kappa shape index (κ2) is 8.24. The van der Waals surface area contributed by atoms with Crippen molar-refractivity contribution in [1.82, 2.24) is 9.55 Å². The first-order chi connectivity index (χ1) is 14.4. The number of nitrogens with one attached hydrogen (secondary N) is 1. The zero-order chi connectivity index (χ0) is 21.3. The van der Waals surface area contributed by atoms with Crippen molar-refractivity contribution >= 4 is 33.1 Å². The lowest BCUT2D eigenvalue weighted by Gasteiger charge is -2.16. The highest BCUT2D eigenvalue weighted by molar-refractivity contribution is 7.21. The molecule has 2 aromatic carbocycles. The Labute approximate surface area is 179 Å². The summed E-state index contributed by atoms with van der Waals surface area (Å²) in [7, 11) is 0. The van der Waals surface area contributed by atoms with E-state index in [2.05, 4.69) is 24.1 Å². The predicted octanol–water partition coefficient (Wildman–Crippen LogP) is 5.20. The van der Waals surface area contributed by atoms with E-state index in [0.29, 0.717) is 10.2 Å². The molecule has 0 aliphatic carbocycles. The molecule has 0 aliphatic rings. The van der Waals surface area contributed by atoms with Crippen molar-refractivity contribution in [3.63, 3.8) is 0 Å².